The molecule has 184 valence electrons. The Morgan fingerprint density at radius 1 is 1.06 bits per heavy atom. The summed E-state index contributed by atoms with van der Waals surface area (Å²) < 4.78 is 12.2. The summed E-state index contributed by atoms with van der Waals surface area (Å²) >= 11 is 2.73. The number of ether oxygens (including phenoxy) is 2. The third kappa shape index (κ3) is 8.64. The van der Waals surface area contributed by atoms with Crippen LogP contribution in [0.2, 0.25) is 0 Å². The third-order valence-corrected chi connectivity index (χ3v) is 8.45. The van der Waals surface area contributed by atoms with Gasteiger partial charge in [0.05, 0.1) is 13.7 Å². The van der Waals surface area contributed by atoms with Gasteiger partial charge in [-0.25, -0.2) is 0 Å². The van der Waals surface area contributed by atoms with E-state index >= 15 is 0 Å². The van der Waals surface area contributed by atoms with Gasteiger partial charge in [-0.2, -0.15) is 0 Å². The van der Waals surface area contributed by atoms with E-state index in [1.807, 2.05) is 18.2 Å². The van der Waals surface area contributed by atoms with Crippen LogP contribution in [0.3, 0.4) is 0 Å². The Hall–Kier alpha value is -1.53. The highest BCUT2D eigenvalue weighted by Crippen LogP contribution is 2.36. The summed E-state index contributed by atoms with van der Waals surface area (Å²) in [6.45, 7) is 11.4. The van der Waals surface area contributed by atoms with Crippen molar-refractivity contribution in [3.8, 4) is 11.5 Å². The first-order valence-electron chi connectivity index (χ1n) is 12.1. The van der Waals surface area contributed by atoms with Crippen LogP contribution in [0.25, 0.3) is 10.1 Å². The largest absolute Gasteiger partial charge is 0.497 e. The molecule has 0 aliphatic heterocycles. The first-order valence-corrected chi connectivity index (χ1v) is 13.9. The van der Waals surface area contributed by atoms with Crippen molar-refractivity contribution in [3.05, 3.63) is 33.8 Å². The highest BCUT2D eigenvalue weighted by molar-refractivity contribution is 8.13. The first-order chi connectivity index (χ1) is 15.6. The molecule has 1 aromatic carbocycles. The SMILES string of the molecule is COc1ccc2sc(=O)cc(OCCCCCCCSC(=O)C(C)(C)C(C)CC(C)C)c2c1. The number of fused-ring (bicyclic) bond motifs is 1. The fraction of sp³-hybridized carbons (Fsp3) is 0.630. The molecule has 0 amide bonds. The minimum Gasteiger partial charge on any atom is -0.497 e. The van der Waals surface area contributed by atoms with Crippen molar-refractivity contribution in [3.63, 3.8) is 0 Å². The van der Waals surface area contributed by atoms with Crippen LogP contribution in [0.4, 0.5) is 0 Å². The maximum Gasteiger partial charge on any atom is 0.236 e. The highest BCUT2D eigenvalue weighted by atomic mass is 32.2. The average Bonchev–Trinajstić information content (AvgIpc) is 2.76. The average molecular weight is 493 g/mol. The number of hydrogen-bond donors (Lipinski definition) is 0. The lowest BCUT2D eigenvalue weighted by atomic mass is 9.77. The number of hydrogen-bond acceptors (Lipinski definition) is 6. The molecule has 33 heavy (non-hydrogen) atoms. The predicted molar refractivity (Wildman–Crippen MR) is 143 cm³/mol. The van der Waals surface area contributed by atoms with Gasteiger partial charge in [0.2, 0.25) is 4.74 Å². The summed E-state index contributed by atoms with van der Waals surface area (Å²) in [6.07, 6.45) is 6.43. The molecule has 0 N–H and O–H groups in total. The summed E-state index contributed by atoms with van der Waals surface area (Å²) in [5.74, 6) is 3.31. The number of carbonyl (C=O) groups is 1. The van der Waals surface area contributed by atoms with E-state index in [9.17, 15) is 9.59 Å². The van der Waals surface area contributed by atoms with Gasteiger partial charge >= 0.3 is 0 Å². The van der Waals surface area contributed by atoms with Crippen LogP contribution in [0.5, 0.6) is 11.5 Å². The molecule has 1 unspecified atom stereocenters. The fourth-order valence-corrected chi connectivity index (χ4v) is 5.73. The van der Waals surface area contributed by atoms with Crippen molar-refractivity contribution in [1.82, 2.24) is 0 Å². The smallest absolute Gasteiger partial charge is 0.236 e. The van der Waals surface area contributed by atoms with Crippen molar-refractivity contribution in [1.29, 1.82) is 0 Å². The van der Waals surface area contributed by atoms with E-state index in [0.717, 1.165) is 60.1 Å². The van der Waals surface area contributed by atoms with Gasteiger partial charge in [-0.3, -0.25) is 9.59 Å². The minimum absolute atomic E-state index is 0.00325. The van der Waals surface area contributed by atoms with Crippen molar-refractivity contribution in [2.75, 3.05) is 19.5 Å². The summed E-state index contributed by atoms with van der Waals surface area (Å²) in [5, 5.41) is 1.25. The quantitative estimate of drug-likeness (QED) is 0.255. The molecule has 0 aliphatic rings. The van der Waals surface area contributed by atoms with E-state index in [-0.39, 0.29) is 10.2 Å². The van der Waals surface area contributed by atoms with Crippen LogP contribution in [0.1, 0.15) is 73.1 Å². The molecule has 0 bridgehead atoms. The third-order valence-electron chi connectivity index (χ3n) is 6.27. The number of unbranched alkanes of at least 4 members (excludes halogenated alkanes) is 4. The maximum absolute atomic E-state index is 12.7. The standard InChI is InChI=1S/C27H40O4S2/c1-19(2)16-20(3)27(4,5)26(29)32-15-11-9-7-8-10-14-31-23-18-25(28)33-24-13-12-21(30-6)17-22(23)24/h12-13,17-20H,7-11,14-16H2,1-6H3. The Labute approximate surface area is 207 Å². The number of thioether (sulfide) groups is 1. The molecule has 0 saturated carbocycles. The van der Waals surface area contributed by atoms with E-state index < -0.39 is 0 Å². The molecule has 0 saturated heterocycles. The Balaban J connectivity index is 1.66. The second-order valence-electron chi connectivity index (χ2n) is 9.80. The number of benzene rings is 1. The number of methoxy groups -OCH3 is 1. The molecule has 1 atom stereocenters. The Morgan fingerprint density at radius 2 is 1.76 bits per heavy atom. The van der Waals surface area contributed by atoms with Crippen molar-refractivity contribution in [2.45, 2.75) is 73.1 Å². The zero-order chi connectivity index (χ0) is 24.4. The van der Waals surface area contributed by atoms with Crippen molar-refractivity contribution >= 4 is 38.3 Å². The van der Waals surface area contributed by atoms with E-state index in [0.29, 0.717) is 29.3 Å². The minimum atomic E-state index is -0.261. The Kier molecular flexibility index (Phi) is 11.2. The lowest BCUT2D eigenvalue weighted by molar-refractivity contribution is -0.120. The molecular formula is C27H40O4S2. The lowest BCUT2D eigenvalue weighted by Gasteiger charge is -2.31. The maximum atomic E-state index is 12.7. The highest BCUT2D eigenvalue weighted by Gasteiger charge is 2.33. The normalized spacial score (nSPS) is 12.8. The first kappa shape index (κ1) is 27.7. The molecule has 2 rings (SSSR count). The van der Waals surface area contributed by atoms with Gasteiger partial charge in [0.15, 0.2) is 5.12 Å². The zero-order valence-electron chi connectivity index (χ0n) is 21.1. The molecule has 1 aromatic heterocycles. The number of carbonyl (C=O) groups excluding carboxylic acids is 1. The lowest BCUT2D eigenvalue weighted by Crippen LogP contribution is -2.30. The summed E-state index contributed by atoms with van der Waals surface area (Å²) in [6, 6.07) is 7.26. The molecular weight excluding hydrogens is 452 g/mol. The van der Waals surface area contributed by atoms with Gasteiger partial charge in [-0.1, -0.05) is 77.0 Å². The van der Waals surface area contributed by atoms with Gasteiger partial charge in [-0.05, 0) is 49.3 Å². The molecule has 0 radical (unpaired) electrons. The van der Waals surface area contributed by atoms with Crippen molar-refractivity contribution in [2.24, 2.45) is 17.3 Å². The van der Waals surface area contributed by atoms with Gasteiger partial charge < -0.3 is 9.47 Å². The van der Waals surface area contributed by atoms with Crippen LogP contribution in [0, 0.1) is 17.3 Å². The molecule has 2 aromatic rings. The zero-order valence-corrected chi connectivity index (χ0v) is 22.7. The summed E-state index contributed by atoms with van der Waals surface area (Å²) in [7, 11) is 1.63. The van der Waals surface area contributed by atoms with Gasteiger partial charge in [0.1, 0.15) is 11.5 Å². The van der Waals surface area contributed by atoms with Crippen LogP contribution in [0.15, 0.2) is 29.1 Å². The second kappa shape index (κ2) is 13.4. The van der Waals surface area contributed by atoms with E-state index in [1.54, 1.807) is 13.2 Å². The Morgan fingerprint density at radius 3 is 2.45 bits per heavy atom. The van der Waals surface area contributed by atoms with Gasteiger partial charge in [-0.15, -0.1) is 0 Å². The van der Waals surface area contributed by atoms with Gasteiger partial charge in [0, 0.05) is 27.3 Å². The molecule has 1 heterocycles. The number of rotatable bonds is 14. The molecule has 0 aliphatic carbocycles. The van der Waals surface area contributed by atoms with Crippen LogP contribution >= 0.6 is 23.1 Å². The predicted octanol–water partition coefficient (Wildman–Crippen LogP) is 7.57. The summed E-state index contributed by atoms with van der Waals surface area (Å²) in [4.78, 5) is 24.6. The van der Waals surface area contributed by atoms with Crippen molar-refractivity contribution < 1.29 is 14.3 Å². The molecule has 4 nitrogen and oxygen atoms in total. The van der Waals surface area contributed by atoms with Crippen LogP contribution < -0.4 is 14.2 Å². The van der Waals surface area contributed by atoms with Crippen LogP contribution in [-0.4, -0.2) is 24.6 Å². The van der Waals surface area contributed by atoms with E-state index in [2.05, 4.69) is 34.6 Å². The topological polar surface area (TPSA) is 52.6 Å². The van der Waals surface area contributed by atoms with E-state index in [1.165, 1.54) is 23.1 Å². The monoisotopic (exact) mass is 492 g/mol. The fourth-order valence-electron chi connectivity index (χ4n) is 3.83. The summed E-state index contributed by atoms with van der Waals surface area (Å²) in [5.41, 5.74) is -0.261. The second-order valence-corrected chi connectivity index (χ2v) is 11.9. The van der Waals surface area contributed by atoms with E-state index in [4.69, 9.17) is 9.47 Å². The van der Waals surface area contributed by atoms with Gasteiger partial charge in [0.25, 0.3) is 0 Å². The Bertz CT molecular complexity index is 949. The molecule has 0 spiro atoms. The van der Waals surface area contributed by atoms with Crippen LogP contribution in [-0.2, 0) is 4.79 Å². The molecule has 6 heteroatoms. The molecule has 0 fully saturated rings.